The van der Waals surface area contributed by atoms with Crippen molar-refractivity contribution < 1.29 is 0 Å². The third kappa shape index (κ3) is 1.16. The SMILES string of the molecule is CC1C=CC=C2C=C(Br)NC21. The molecule has 2 heteroatoms. The second kappa shape index (κ2) is 2.52. The maximum Gasteiger partial charge on any atom is 0.0788 e. The standard InChI is InChI=1S/C9H10BrN/c1-6-3-2-4-7-5-8(10)11-9(6)7/h2-6,9,11H,1H3. The van der Waals surface area contributed by atoms with Crippen LogP contribution < -0.4 is 5.32 Å². The zero-order valence-electron chi connectivity index (χ0n) is 6.34. The first-order valence-corrected chi connectivity index (χ1v) is 4.59. The van der Waals surface area contributed by atoms with E-state index in [2.05, 4.69) is 52.5 Å². The monoisotopic (exact) mass is 211 g/mol. The fourth-order valence-electron chi connectivity index (χ4n) is 1.55. The molecule has 2 atom stereocenters. The highest BCUT2D eigenvalue weighted by Gasteiger charge is 2.25. The Kier molecular flexibility index (Phi) is 1.64. The van der Waals surface area contributed by atoms with Gasteiger partial charge in [-0.15, -0.1) is 0 Å². The number of rotatable bonds is 0. The molecule has 2 unspecified atom stereocenters. The largest absolute Gasteiger partial charge is 0.372 e. The second-order valence-corrected chi connectivity index (χ2v) is 3.88. The van der Waals surface area contributed by atoms with Gasteiger partial charge in [-0.05, 0) is 33.5 Å². The van der Waals surface area contributed by atoms with Gasteiger partial charge in [0.05, 0.1) is 10.6 Å². The van der Waals surface area contributed by atoms with Crippen LogP contribution in [0.2, 0.25) is 0 Å². The van der Waals surface area contributed by atoms with Crippen LogP contribution >= 0.6 is 15.9 Å². The highest BCUT2D eigenvalue weighted by atomic mass is 79.9. The van der Waals surface area contributed by atoms with Crippen LogP contribution in [0.4, 0.5) is 0 Å². The average Bonchev–Trinajstić information content (AvgIpc) is 2.31. The van der Waals surface area contributed by atoms with E-state index in [0.29, 0.717) is 12.0 Å². The van der Waals surface area contributed by atoms with Crippen LogP contribution in [0, 0.1) is 5.92 Å². The summed E-state index contributed by atoms with van der Waals surface area (Å²) in [6.45, 7) is 2.22. The molecule has 0 bridgehead atoms. The highest BCUT2D eigenvalue weighted by Crippen LogP contribution is 2.28. The summed E-state index contributed by atoms with van der Waals surface area (Å²) in [5.41, 5.74) is 1.38. The molecule has 2 aliphatic rings. The lowest BCUT2D eigenvalue weighted by molar-refractivity contribution is 0.555. The minimum atomic E-state index is 0.495. The van der Waals surface area contributed by atoms with E-state index in [1.807, 2.05) is 0 Å². The van der Waals surface area contributed by atoms with Crippen LogP contribution in [0.15, 0.2) is 34.5 Å². The van der Waals surface area contributed by atoms with Crippen LogP contribution in [-0.4, -0.2) is 6.04 Å². The maximum atomic E-state index is 3.44. The number of halogens is 1. The molecule has 1 aliphatic heterocycles. The van der Waals surface area contributed by atoms with E-state index < -0.39 is 0 Å². The first kappa shape index (κ1) is 7.17. The minimum absolute atomic E-state index is 0.495. The molecule has 0 saturated heterocycles. The van der Waals surface area contributed by atoms with Gasteiger partial charge in [0.15, 0.2) is 0 Å². The molecule has 0 spiro atoms. The van der Waals surface area contributed by atoms with E-state index in [9.17, 15) is 0 Å². The topological polar surface area (TPSA) is 12.0 Å². The molecule has 0 aromatic rings. The van der Waals surface area contributed by atoms with E-state index in [4.69, 9.17) is 0 Å². The molecule has 0 amide bonds. The molecule has 1 aliphatic carbocycles. The van der Waals surface area contributed by atoms with Crippen LogP contribution in [-0.2, 0) is 0 Å². The summed E-state index contributed by atoms with van der Waals surface area (Å²) >= 11 is 3.44. The summed E-state index contributed by atoms with van der Waals surface area (Å²) in [6.07, 6.45) is 8.65. The van der Waals surface area contributed by atoms with Gasteiger partial charge in [-0.3, -0.25) is 0 Å². The lowest BCUT2D eigenvalue weighted by Gasteiger charge is -2.21. The molecule has 0 saturated carbocycles. The van der Waals surface area contributed by atoms with E-state index in [0.717, 1.165) is 4.61 Å². The van der Waals surface area contributed by atoms with Crippen molar-refractivity contribution in [3.8, 4) is 0 Å². The Labute approximate surface area is 75.0 Å². The molecular weight excluding hydrogens is 202 g/mol. The predicted octanol–water partition coefficient (Wildman–Crippen LogP) is 2.33. The van der Waals surface area contributed by atoms with Gasteiger partial charge in [-0.2, -0.15) is 0 Å². The van der Waals surface area contributed by atoms with E-state index >= 15 is 0 Å². The molecule has 2 rings (SSSR count). The maximum absolute atomic E-state index is 3.44. The van der Waals surface area contributed by atoms with E-state index in [1.165, 1.54) is 5.57 Å². The van der Waals surface area contributed by atoms with Crippen molar-refractivity contribution in [2.24, 2.45) is 5.92 Å². The third-order valence-corrected chi connectivity index (χ3v) is 2.63. The molecule has 58 valence electrons. The van der Waals surface area contributed by atoms with Gasteiger partial charge in [0.25, 0.3) is 0 Å². The normalized spacial score (nSPS) is 34.0. The van der Waals surface area contributed by atoms with E-state index in [-0.39, 0.29) is 0 Å². The molecule has 0 radical (unpaired) electrons. The van der Waals surface area contributed by atoms with Gasteiger partial charge >= 0.3 is 0 Å². The van der Waals surface area contributed by atoms with Crippen molar-refractivity contribution in [2.75, 3.05) is 0 Å². The predicted molar refractivity (Wildman–Crippen MR) is 50.3 cm³/mol. The van der Waals surface area contributed by atoms with Gasteiger partial charge in [-0.25, -0.2) is 0 Å². The zero-order valence-corrected chi connectivity index (χ0v) is 7.93. The summed E-state index contributed by atoms with van der Waals surface area (Å²) in [4.78, 5) is 0. The summed E-state index contributed by atoms with van der Waals surface area (Å²) in [5.74, 6) is 0.598. The second-order valence-electron chi connectivity index (χ2n) is 3.02. The molecule has 1 nitrogen and oxygen atoms in total. The number of allylic oxidation sites excluding steroid dienone is 2. The van der Waals surface area contributed by atoms with Crippen LogP contribution in [0.3, 0.4) is 0 Å². The summed E-state index contributed by atoms with van der Waals surface area (Å²) < 4.78 is 1.10. The van der Waals surface area contributed by atoms with Crippen LogP contribution in [0.25, 0.3) is 0 Å². The number of fused-ring (bicyclic) bond motifs is 1. The fourth-order valence-corrected chi connectivity index (χ4v) is 2.06. The fraction of sp³-hybridized carbons (Fsp3) is 0.333. The van der Waals surface area contributed by atoms with Crippen molar-refractivity contribution in [3.05, 3.63) is 34.5 Å². The van der Waals surface area contributed by atoms with Gasteiger partial charge in [0, 0.05) is 0 Å². The van der Waals surface area contributed by atoms with Gasteiger partial charge in [0.1, 0.15) is 0 Å². The van der Waals surface area contributed by atoms with Crippen molar-refractivity contribution in [1.82, 2.24) is 5.32 Å². The Morgan fingerprint density at radius 2 is 2.36 bits per heavy atom. The Balaban J connectivity index is 2.31. The van der Waals surface area contributed by atoms with E-state index in [1.54, 1.807) is 0 Å². The lowest BCUT2D eigenvalue weighted by atomic mass is 9.92. The first-order valence-electron chi connectivity index (χ1n) is 3.79. The Hall–Kier alpha value is -0.500. The first-order chi connectivity index (χ1) is 5.27. The summed E-state index contributed by atoms with van der Waals surface area (Å²) in [6, 6.07) is 0.495. The number of hydrogen-bond acceptors (Lipinski definition) is 1. The Bertz CT molecular complexity index is 263. The van der Waals surface area contributed by atoms with Crippen LogP contribution in [0.1, 0.15) is 6.92 Å². The third-order valence-electron chi connectivity index (χ3n) is 2.18. The van der Waals surface area contributed by atoms with Gasteiger partial charge in [-0.1, -0.05) is 25.2 Å². The van der Waals surface area contributed by atoms with Crippen molar-refractivity contribution in [3.63, 3.8) is 0 Å². The molecule has 0 aromatic carbocycles. The quantitative estimate of drug-likeness (QED) is 0.607. The van der Waals surface area contributed by atoms with Gasteiger partial charge in [0.2, 0.25) is 0 Å². The molecule has 0 aromatic heterocycles. The Morgan fingerprint density at radius 3 is 3.09 bits per heavy atom. The summed E-state index contributed by atoms with van der Waals surface area (Å²) in [7, 11) is 0. The van der Waals surface area contributed by atoms with Crippen molar-refractivity contribution >= 4 is 15.9 Å². The molecule has 1 N–H and O–H groups in total. The van der Waals surface area contributed by atoms with Crippen molar-refractivity contribution in [1.29, 1.82) is 0 Å². The lowest BCUT2D eigenvalue weighted by Crippen LogP contribution is -2.30. The van der Waals surface area contributed by atoms with Crippen LogP contribution in [0.5, 0.6) is 0 Å². The minimum Gasteiger partial charge on any atom is -0.372 e. The van der Waals surface area contributed by atoms with Crippen molar-refractivity contribution in [2.45, 2.75) is 13.0 Å². The Morgan fingerprint density at radius 1 is 1.55 bits per heavy atom. The summed E-state index contributed by atoms with van der Waals surface area (Å²) in [5, 5.41) is 3.36. The average molecular weight is 212 g/mol. The smallest absolute Gasteiger partial charge is 0.0788 e. The number of nitrogens with one attached hydrogen (secondary N) is 1. The van der Waals surface area contributed by atoms with Gasteiger partial charge < -0.3 is 5.32 Å². The molecule has 0 fully saturated rings. The molecule has 1 heterocycles. The number of hydrogen-bond donors (Lipinski definition) is 1. The zero-order chi connectivity index (χ0) is 7.84. The highest BCUT2D eigenvalue weighted by molar-refractivity contribution is 9.11. The molecule has 11 heavy (non-hydrogen) atoms. The molecular formula is C9H10BrN.